The highest BCUT2D eigenvalue weighted by atomic mass is 32.1. The van der Waals surface area contributed by atoms with Crippen LogP contribution in [0.3, 0.4) is 0 Å². The monoisotopic (exact) mass is 359 g/mol. The number of thiazole rings is 1. The molecule has 9 nitrogen and oxygen atoms in total. The quantitative estimate of drug-likeness (QED) is 0.718. The molecule has 0 atom stereocenters. The van der Waals surface area contributed by atoms with E-state index in [2.05, 4.69) is 32.3 Å². The second-order valence-electron chi connectivity index (χ2n) is 6.11. The van der Waals surface area contributed by atoms with E-state index in [9.17, 15) is 9.59 Å². The highest BCUT2D eigenvalue weighted by Gasteiger charge is 2.19. The number of likely N-dealkylation sites (N-methyl/N-ethyl adjacent to an activating group) is 1. The molecule has 25 heavy (non-hydrogen) atoms. The summed E-state index contributed by atoms with van der Waals surface area (Å²) < 4.78 is 2.80. The normalized spacial score (nSPS) is 14.6. The number of carbonyl (C=O) groups is 1. The van der Waals surface area contributed by atoms with Crippen molar-refractivity contribution in [3.05, 3.63) is 33.4 Å². The van der Waals surface area contributed by atoms with Crippen molar-refractivity contribution >= 4 is 33.4 Å². The van der Waals surface area contributed by atoms with Gasteiger partial charge in [0.05, 0.1) is 11.9 Å². The van der Waals surface area contributed by atoms with Crippen molar-refractivity contribution in [3.63, 3.8) is 0 Å². The summed E-state index contributed by atoms with van der Waals surface area (Å²) in [5.41, 5.74) is 1.26. The van der Waals surface area contributed by atoms with Crippen molar-refractivity contribution < 1.29 is 4.79 Å². The molecule has 4 heterocycles. The Balaban J connectivity index is 1.51. The molecule has 0 saturated heterocycles. The van der Waals surface area contributed by atoms with Crippen molar-refractivity contribution in [2.45, 2.75) is 19.5 Å². The van der Waals surface area contributed by atoms with E-state index in [1.54, 1.807) is 7.05 Å². The van der Waals surface area contributed by atoms with Crippen LogP contribution in [-0.4, -0.2) is 48.7 Å². The molecule has 0 radical (unpaired) electrons. The molecular weight excluding hydrogens is 342 g/mol. The Kier molecular flexibility index (Phi) is 3.85. The van der Waals surface area contributed by atoms with Crippen LogP contribution in [0.2, 0.25) is 0 Å². The highest BCUT2D eigenvalue weighted by molar-refractivity contribution is 7.15. The number of nitrogens with one attached hydrogen (secondary N) is 1. The van der Waals surface area contributed by atoms with Crippen LogP contribution in [0.1, 0.15) is 10.6 Å². The largest absolute Gasteiger partial charge is 0.301 e. The number of hydrogen-bond donors (Lipinski definition) is 1. The van der Waals surface area contributed by atoms with E-state index in [-0.39, 0.29) is 18.0 Å². The highest BCUT2D eigenvalue weighted by Crippen LogP contribution is 2.27. The van der Waals surface area contributed by atoms with Crippen molar-refractivity contribution in [3.8, 4) is 0 Å². The maximum Gasteiger partial charge on any atom is 0.264 e. The Labute approximate surface area is 146 Å². The number of amides is 1. The molecule has 0 saturated carbocycles. The lowest BCUT2D eigenvalue weighted by Gasteiger charge is -2.20. The van der Waals surface area contributed by atoms with Gasteiger partial charge in [0.15, 0.2) is 10.8 Å². The number of anilines is 1. The van der Waals surface area contributed by atoms with Gasteiger partial charge in [-0.3, -0.25) is 18.8 Å². The average Bonchev–Trinajstić information content (AvgIpc) is 3.13. The van der Waals surface area contributed by atoms with E-state index >= 15 is 0 Å². The topological polar surface area (TPSA) is 97.9 Å². The molecule has 1 amide bonds. The van der Waals surface area contributed by atoms with Gasteiger partial charge >= 0.3 is 0 Å². The van der Waals surface area contributed by atoms with E-state index in [1.165, 1.54) is 38.0 Å². The van der Waals surface area contributed by atoms with Crippen LogP contribution in [0.4, 0.5) is 5.13 Å². The molecule has 10 heteroatoms. The lowest BCUT2D eigenvalue weighted by molar-refractivity contribution is -0.116. The van der Waals surface area contributed by atoms with Crippen molar-refractivity contribution in [2.24, 2.45) is 7.05 Å². The minimum atomic E-state index is -0.299. The molecule has 1 N–H and O–H groups in total. The van der Waals surface area contributed by atoms with Gasteiger partial charge in [0.25, 0.3) is 5.56 Å². The van der Waals surface area contributed by atoms with Crippen LogP contribution in [0.25, 0.3) is 11.0 Å². The second-order valence-corrected chi connectivity index (χ2v) is 7.19. The predicted molar refractivity (Wildman–Crippen MR) is 93.6 cm³/mol. The van der Waals surface area contributed by atoms with Gasteiger partial charge in [-0.2, -0.15) is 5.10 Å². The first kappa shape index (κ1) is 15.9. The van der Waals surface area contributed by atoms with Crippen LogP contribution in [-0.2, 0) is 31.4 Å². The summed E-state index contributed by atoms with van der Waals surface area (Å²) in [5.74, 6) is -0.299. The lowest BCUT2D eigenvalue weighted by atomic mass is 10.2. The summed E-state index contributed by atoms with van der Waals surface area (Å²) in [6, 6.07) is 0. The van der Waals surface area contributed by atoms with Gasteiger partial charge in [-0.1, -0.05) is 0 Å². The minimum Gasteiger partial charge on any atom is -0.301 e. The van der Waals surface area contributed by atoms with E-state index in [4.69, 9.17) is 0 Å². The van der Waals surface area contributed by atoms with Gasteiger partial charge in [-0.25, -0.2) is 9.97 Å². The number of nitrogens with zero attached hydrogens (tertiary/aromatic N) is 6. The summed E-state index contributed by atoms with van der Waals surface area (Å²) >= 11 is 1.49. The van der Waals surface area contributed by atoms with E-state index in [0.717, 1.165) is 25.2 Å². The molecule has 0 spiro atoms. The van der Waals surface area contributed by atoms with Crippen LogP contribution in [0, 0.1) is 0 Å². The molecule has 1 aliphatic heterocycles. The van der Waals surface area contributed by atoms with Crippen molar-refractivity contribution in [2.75, 3.05) is 18.9 Å². The third kappa shape index (κ3) is 2.94. The number of fused-ring (bicyclic) bond motifs is 2. The summed E-state index contributed by atoms with van der Waals surface area (Å²) in [6.45, 7) is 1.71. The van der Waals surface area contributed by atoms with Gasteiger partial charge in [0.2, 0.25) is 5.91 Å². The molecule has 1 aliphatic rings. The minimum absolute atomic E-state index is 0.110. The first-order valence-corrected chi connectivity index (χ1v) is 8.67. The Hall–Kier alpha value is -2.59. The van der Waals surface area contributed by atoms with Gasteiger partial charge in [-0.15, -0.1) is 11.3 Å². The molecule has 3 aromatic rings. The van der Waals surface area contributed by atoms with Crippen LogP contribution in [0.5, 0.6) is 0 Å². The van der Waals surface area contributed by atoms with E-state index < -0.39 is 0 Å². The number of rotatable bonds is 3. The first-order valence-electron chi connectivity index (χ1n) is 7.85. The lowest BCUT2D eigenvalue weighted by Crippen LogP contribution is -2.27. The number of carbonyl (C=O) groups excluding carboxylic acids is 1. The molecule has 0 aliphatic carbocycles. The number of aryl methyl sites for hydroxylation is 1. The molecule has 3 aromatic heterocycles. The van der Waals surface area contributed by atoms with Crippen molar-refractivity contribution in [1.82, 2.24) is 29.2 Å². The van der Waals surface area contributed by atoms with Gasteiger partial charge in [0.1, 0.15) is 18.3 Å². The standard InChI is InChI=1S/C15H17N7O2S/c1-20-4-3-10-11(6-20)25-15(18-10)19-12(23)7-22-8-16-13-9(14(22)24)5-17-21(13)2/h5,8H,3-4,6-7H2,1-2H3,(H,18,19,23). The fourth-order valence-corrected chi connectivity index (χ4v) is 3.97. The first-order chi connectivity index (χ1) is 12.0. The summed E-state index contributed by atoms with van der Waals surface area (Å²) in [6.07, 6.45) is 3.72. The van der Waals surface area contributed by atoms with Crippen LogP contribution >= 0.6 is 11.3 Å². The smallest absolute Gasteiger partial charge is 0.264 e. The zero-order valence-electron chi connectivity index (χ0n) is 13.9. The molecule has 0 unspecified atom stereocenters. The number of hydrogen-bond acceptors (Lipinski definition) is 7. The van der Waals surface area contributed by atoms with E-state index in [0.29, 0.717) is 16.2 Å². The summed E-state index contributed by atoms with van der Waals surface area (Å²) in [4.78, 5) is 36.8. The van der Waals surface area contributed by atoms with E-state index in [1.807, 2.05) is 0 Å². The zero-order chi connectivity index (χ0) is 17.6. The molecule has 4 rings (SSSR count). The predicted octanol–water partition coefficient (Wildman–Crippen LogP) is 0.213. The molecule has 0 aromatic carbocycles. The fraction of sp³-hybridized carbons (Fsp3) is 0.400. The maximum atomic E-state index is 12.4. The van der Waals surface area contributed by atoms with Gasteiger partial charge < -0.3 is 10.2 Å². The van der Waals surface area contributed by atoms with Crippen LogP contribution in [0.15, 0.2) is 17.3 Å². The van der Waals surface area contributed by atoms with Gasteiger partial charge in [0, 0.05) is 31.4 Å². The molecule has 0 fully saturated rings. The Morgan fingerprint density at radius 2 is 2.24 bits per heavy atom. The second kappa shape index (κ2) is 6.05. The fourth-order valence-electron chi connectivity index (χ4n) is 2.87. The summed E-state index contributed by atoms with van der Waals surface area (Å²) in [7, 11) is 3.78. The molecule has 0 bridgehead atoms. The zero-order valence-corrected chi connectivity index (χ0v) is 14.7. The average molecular weight is 359 g/mol. The third-order valence-corrected chi connectivity index (χ3v) is 5.20. The number of aromatic nitrogens is 5. The molecular formula is C15H17N7O2S. The summed E-state index contributed by atoms with van der Waals surface area (Å²) in [5, 5.41) is 7.77. The Morgan fingerprint density at radius 3 is 3.08 bits per heavy atom. The third-order valence-electron chi connectivity index (χ3n) is 4.20. The van der Waals surface area contributed by atoms with Gasteiger partial charge in [-0.05, 0) is 7.05 Å². The SMILES string of the molecule is CN1CCc2nc(NC(=O)Cn3cnc4c(cnn4C)c3=O)sc2C1. The molecule has 130 valence electrons. The Bertz CT molecular complexity index is 1020. The maximum absolute atomic E-state index is 12.4. The Morgan fingerprint density at radius 1 is 1.40 bits per heavy atom. The van der Waals surface area contributed by atoms with Crippen molar-refractivity contribution in [1.29, 1.82) is 0 Å². The van der Waals surface area contributed by atoms with Crippen LogP contribution < -0.4 is 10.9 Å².